The number of nitrogens with zero attached hydrogens (tertiary/aromatic N) is 3. The van der Waals surface area contributed by atoms with Crippen LogP contribution in [0.15, 0.2) is 35.1 Å². The van der Waals surface area contributed by atoms with Gasteiger partial charge in [0.1, 0.15) is 10.8 Å². The maximum atomic E-state index is 12.7. The van der Waals surface area contributed by atoms with Crippen LogP contribution in [-0.2, 0) is 6.18 Å². The van der Waals surface area contributed by atoms with E-state index in [9.17, 15) is 18.0 Å². The van der Waals surface area contributed by atoms with Gasteiger partial charge >= 0.3 is 6.18 Å². The van der Waals surface area contributed by atoms with Crippen molar-refractivity contribution in [1.82, 2.24) is 14.6 Å². The van der Waals surface area contributed by atoms with E-state index in [2.05, 4.69) is 10.1 Å². The minimum atomic E-state index is -4.67. The van der Waals surface area contributed by atoms with Crippen molar-refractivity contribution in [2.75, 3.05) is 7.11 Å². The number of ether oxygens (including phenoxy) is 1. The zero-order valence-electron chi connectivity index (χ0n) is 11.1. The average Bonchev–Trinajstić information content (AvgIpc) is 2.91. The van der Waals surface area contributed by atoms with Crippen LogP contribution in [0.3, 0.4) is 0 Å². The minimum absolute atomic E-state index is 0.106. The Morgan fingerprint density at radius 2 is 1.91 bits per heavy atom. The Balaban J connectivity index is 2.13. The second kappa shape index (κ2) is 5.09. The topological polar surface area (TPSA) is 56.5 Å². The molecule has 0 amide bonds. The standard InChI is InChI=1S/C13H8F3N3O2S/c1-21-8-4-2-7(3-5-8)11-18-19-10(20)6-9(13(14,15)16)17-12(19)22-11/h2-6H,1H3. The van der Waals surface area contributed by atoms with Crippen molar-refractivity contribution in [3.63, 3.8) is 0 Å². The lowest BCUT2D eigenvalue weighted by molar-refractivity contribution is -0.141. The van der Waals surface area contributed by atoms with Crippen LogP contribution in [0, 0.1) is 0 Å². The molecule has 0 bridgehead atoms. The molecule has 0 fully saturated rings. The molecule has 9 heteroatoms. The monoisotopic (exact) mass is 327 g/mol. The summed E-state index contributed by atoms with van der Waals surface area (Å²) in [5, 5.41) is 4.41. The van der Waals surface area contributed by atoms with Gasteiger partial charge in [0.05, 0.1) is 7.11 Å². The van der Waals surface area contributed by atoms with Crippen LogP contribution >= 0.6 is 11.3 Å². The van der Waals surface area contributed by atoms with E-state index in [0.717, 1.165) is 15.9 Å². The lowest BCUT2D eigenvalue weighted by Crippen LogP contribution is -2.19. The summed E-state index contributed by atoms with van der Waals surface area (Å²) in [6.07, 6.45) is -4.67. The molecule has 0 radical (unpaired) electrons. The first-order chi connectivity index (χ1) is 10.4. The molecule has 0 aliphatic carbocycles. The van der Waals surface area contributed by atoms with Crippen molar-refractivity contribution in [1.29, 1.82) is 0 Å². The van der Waals surface area contributed by atoms with E-state index >= 15 is 0 Å². The summed E-state index contributed by atoms with van der Waals surface area (Å²) >= 11 is 0.908. The zero-order valence-corrected chi connectivity index (χ0v) is 11.9. The molecule has 2 heterocycles. The zero-order chi connectivity index (χ0) is 15.9. The molecule has 0 spiro atoms. The maximum absolute atomic E-state index is 12.7. The predicted molar refractivity (Wildman–Crippen MR) is 74.1 cm³/mol. The van der Waals surface area contributed by atoms with Gasteiger partial charge in [-0.2, -0.15) is 22.8 Å². The molecule has 0 atom stereocenters. The fourth-order valence-electron chi connectivity index (χ4n) is 1.81. The molecule has 0 aliphatic rings. The molecular weight excluding hydrogens is 319 g/mol. The Bertz CT molecular complexity index is 884. The van der Waals surface area contributed by atoms with Gasteiger partial charge in [-0.05, 0) is 24.3 Å². The van der Waals surface area contributed by atoms with Gasteiger partial charge in [0.25, 0.3) is 5.56 Å². The number of hydrogen-bond acceptors (Lipinski definition) is 5. The number of benzene rings is 1. The summed E-state index contributed by atoms with van der Waals surface area (Å²) in [4.78, 5) is 15.1. The quantitative estimate of drug-likeness (QED) is 0.726. The van der Waals surface area contributed by atoms with Crippen molar-refractivity contribution in [2.45, 2.75) is 6.18 Å². The Morgan fingerprint density at radius 1 is 1.23 bits per heavy atom. The molecule has 22 heavy (non-hydrogen) atoms. The highest BCUT2D eigenvalue weighted by Crippen LogP contribution is 2.29. The Labute approximate surface area is 125 Å². The van der Waals surface area contributed by atoms with E-state index in [1.54, 1.807) is 24.3 Å². The van der Waals surface area contributed by atoms with Crippen LogP contribution < -0.4 is 10.3 Å². The summed E-state index contributed by atoms with van der Waals surface area (Å²) in [5.74, 6) is 0.638. The molecule has 3 aromatic rings. The van der Waals surface area contributed by atoms with Gasteiger partial charge in [-0.25, -0.2) is 4.98 Å². The van der Waals surface area contributed by atoms with Crippen molar-refractivity contribution in [2.24, 2.45) is 0 Å². The molecule has 0 N–H and O–H groups in total. The molecule has 2 aromatic heterocycles. The summed E-state index contributed by atoms with van der Waals surface area (Å²) in [6, 6.07) is 7.22. The molecule has 114 valence electrons. The van der Waals surface area contributed by atoms with Gasteiger partial charge in [-0.15, -0.1) is 0 Å². The van der Waals surface area contributed by atoms with Crippen molar-refractivity contribution < 1.29 is 17.9 Å². The normalized spacial score (nSPS) is 11.8. The van der Waals surface area contributed by atoms with Gasteiger partial charge in [0, 0.05) is 11.6 Å². The van der Waals surface area contributed by atoms with E-state index in [1.807, 2.05) is 0 Å². The second-order valence-corrected chi connectivity index (χ2v) is 5.26. The molecule has 0 unspecified atom stereocenters. The fraction of sp³-hybridized carbons (Fsp3) is 0.154. The van der Waals surface area contributed by atoms with Crippen molar-refractivity contribution in [3.8, 4) is 16.3 Å². The van der Waals surface area contributed by atoms with Gasteiger partial charge in [-0.3, -0.25) is 4.79 Å². The molecule has 1 aromatic carbocycles. The van der Waals surface area contributed by atoms with E-state index in [1.165, 1.54) is 7.11 Å². The molecule has 0 saturated heterocycles. The number of aromatic nitrogens is 3. The Kier molecular flexibility index (Phi) is 3.36. The SMILES string of the molecule is COc1ccc(-c2nn3c(=O)cc(C(F)(F)F)nc3s2)cc1. The lowest BCUT2D eigenvalue weighted by atomic mass is 10.2. The van der Waals surface area contributed by atoms with Gasteiger partial charge in [0.15, 0.2) is 5.69 Å². The van der Waals surface area contributed by atoms with Crippen molar-refractivity contribution >= 4 is 16.3 Å². The van der Waals surface area contributed by atoms with E-state index in [0.29, 0.717) is 22.4 Å². The first-order valence-electron chi connectivity index (χ1n) is 6.01. The van der Waals surface area contributed by atoms with Gasteiger partial charge in [0.2, 0.25) is 4.96 Å². The van der Waals surface area contributed by atoms with Crippen LogP contribution in [-0.4, -0.2) is 21.7 Å². The largest absolute Gasteiger partial charge is 0.497 e. The third-order valence-corrected chi connectivity index (χ3v) is 3.83. The van der Waals surface area contributed by atoms with Crippen molar-refractivity contribution in [3.05, 3.63) is 46.4 Å². The molecule has 5 nitrogen and oxygen atoms in total. The smallest absolute Gasteiger partial charge is 0.433 e. The lowest BCUT2D eigenvalue weighted by Gasteiger charge is -2.03. The highest BCUT2D eigenvalue weighted by molar-refractivity contribution is 7.19. The van der Waals surface area contributed by atoms with Crippen LogP contribution in [0.5, 0.6) is 5.75 Å². The molecule has 0 aliphatic heterocycles. The molecule has 0 saturated carbocycles. The number of alkyl halides is 3. The van der Waals surface area contributed by atoms with Gasteiger partial charge in [-0.1, -0.05) is 11.3 Å². The second-order valence-electron chi connectivity index (χ2n) is 4.31. The minimum Gasteiger partial charge on any atom is -0.497 e. The first kappa shape index (κ1) is 14.5. The number of rotatable bonds is 2. The summed E-state index contributed by atoms with van der Waals surface area (Å²) in [6.45, 7) is 0. The highest BCUT2D eigenvalue weighted by atomic mass is 32.1. The average molecular weight is 327 g/mol. The summed E-state index contributed by atoms with van der Waals surface area (Å²) in [5.41, 5.74) is -1.43. The Hall–Kier alpha value is -2.42. The third-order valence-electron chi connectivity index (χ3n) is 2.87. The van der Waals surface area contributed by atoms with E-state index in [-0.39, 0.29) is 4.96 Å². The Morgan fingerprint density at radius 3 is 2.50 bits per heavy atom. The van der Waals surface area contributed by atoms with Crippen LogP contribution in [0.1, 0.15) is 5.69 Å². The van der Waals surface area contributed by atoms with Gasteiger partial charge < -0.3 is 4.74 Å². The predicted octanol–water partition coefficient (Wildman–Crippen LogP) is 2.85. The maximum Gasteiger partial charge on any atom is 0.433 e. The number of halogens is 3. The number of hydrogen-bond donors (Lipinski definition) is 0. The van der Waals surface area contributed by atoms with E-state index in [4.69, 9.17) is 4.74 Å². The highest BCUT2D eigenvalue weighted by Gasteiger charge is 2.34. The first-order valence-corrected chi connectivity index (χ1v) is 6.82. The van der Waals surface area contributed by atoms with Crippen LogP contribution in [0.4, 0.5) is 13.2 Å². The molecule has 3 rings (SSSR count). The summed E-state index contributed by atoms with van der Waals surface area (Å²) in [7, 11) is 1.52. The summed E-state index contributed by atoms with van der Waals surface area (Å²) < 4.78 is 43.9. The number of methoxy groups -OCH3 is 1. The van der Waals surface area contributed by atoms with E-state index < -0.39 is 17.4 Å². The van der Waals surface area contributed by atoms with Crippen LogP contribution in [0.2, 0.25) is 0 Å². The molecular formula is C13H8F3N3O2S. The fourth-order valence-corrected chi connectivity index (χ4v) is 2.72. The van der Waals surface area contributed by atoms with Crippen LogP contribution in [0.25, 0.3) is 15.5 Å². The third kappa shape index (κ3) is 2.54. The number of fused-ring (bicyclic) bond motifs is 1.